The van der Waals surface area contributed by atoms with Gasteiger partial charge in [0.2, 0.25) is 0 Å². The fourth-order valence-electron chi connectivity index (χ4n) is 13.0. The molecule has 0 aliphatic rings. The molecule has 0 aliphatic heterocycles. The zero-order chi connectivity index (χ0) is 56.9. The van der Waals surface area contributed by atoms with Gasteiger partial charge in [0, 0.05) is 32.8 Å². The van der Waals surface area contributed by atoms with E-state index in [4.69, 9.17) is 0 Å². The molecule has 2 heteroatoms. The van der Waals surface area contributed by atoms with E-state index in [0.29, 0.717) is 0 Å². The molecule has 2 heterocycles. The quantitative estimate of drug-likeness (QED) is 0.122. The number of benzene rings is 14. The van der Waals surface area contributed by atoms with E-state index in [2.05, 4.69) is 349 Å². The first-order chi connectivity index (χ1) is 42.6. The first-order valence-corrected chi connectivity index (χ1v) is 29.6. The third-order valence-electron chi connectivity index (χ3n) is 17.4. The van der Waals surface area contributed by atoms with E-state index in [-0.39, 0.29) is 0 Å². The predicted octanol–water partition coefficient (Wildman–Crippen LogP) is 22.9. The monoisotopic (exact) mass is 1090 g/mol. The molecule has 0 bridgehead atoms. The molecular formula is C84H56N2. The van der Waals surface area contributed by atoms with Gasteiger partial charge in [-0.25, -0.2) is 0 Å². The first-order valence-electron chi connectivity index (χ1n) is 29.6. The standard InChI is InChI=1S/C84H56N2/c1-3-16-57(17-4-1)58-32-34-59(35-33-58)60-36-42-63(43-37-60)67-20-13-22-69(52-67)70-23-14-21-68(53-70)64-44-38-61(39-45-64)62-40-46-65(47-41-62)71-24-15-25-74(54-71)85-81-30-11-8-27-76(81)78-55-72(48-50-83(78)85)73-49-51-84-79(56-73)77-28-9-12-31-82(77)86(84)80-29-10-7-26-75(80)66-18-5-2-6-19-66/h1-56H. The molecule has 0 radical (unpaired) electrons. The van der Waals surface area contributed by atoms with Gasteiger partial charge >= 0.3 is 0 Å². The molecule has 0 atom stereocenters. The summed E-state index contributed by atoms with van der Waals surface area (Å²) in [5, 5.41) is 4.95. The first kappa shape index (κ1) is 50.4. The third-order valence-corrected chi connectivity index (χ3v) is 17.4. The van der Waals surface area contributed by atoms with Crippen LogP contribution in [0.15, 0.2) is 340 Å². The van der Waals surface area contributed by atoms with E-state index >= 15 is 0 Å². The Hall–Kier alpha value is -11.3. The van der Waals surface area contributed by atoms with Crippen LogP contribution in [0, 0.1) is 0 Å². The lowest BCUT2D eigenvalue weighted by Crippen LogP contribution is -1.97. The smallest absolute Gasteiger partial charge is 0.0541 e. The number of fused-ring (bicyclic) bond motifs is 6. The van der Waals surface area contributed by atoms with E-state index < -0.39 is 0 Å². The Kier molecular flexibility index (Phi) is 12.6. The SMILES string of the molecule is c1ccc(-c2ccc(-c3ccc(-c4cccc(-c5cccc(-c6ccc(-c7ccc(-c8cccc(-n9c%10ccccc%10c%10cc(-c%11ccc%12c(c%11)c%11ccccc%11n%12-c%11ccccc%11-c%11ccccc%11)ccc%109)c8)cc7)cc6)c5)c4)cc3)cc2)cc1. The highest BCUT2D eigenvalue weighted by Crippen LogP contribution is 2.41. The normalized spacial score (nSPS) is 11.5. The average Bonchev–Trinajstić information content (AvgIpc) is 3.49. The van der Waals surface area contributed by atoms with Gasteiger partial charge in [0.1, 0.15) is 0 Å². The summed E-state index contributed by atoms with van der Waals surface area (Å²) in [7, 11) is 0. The molecule has 2 nitrogen and oxygen atoms in total. The van der Waals surface area contributed by atoms with E-state index in [0.717, 1.165) is 5.69 Å². The van der Waals surface area contributed by atoms with Gasteiger partial charge in [0.15, 0.2) is 0 Å². The fraction of sp³-hybridized carbons (Fsp3) is 0. The van der Waals surface area contributed by atoms with Gasteiger partial charge in [-0.2, -0.15) is 0 Å². The zero-order valence-electron chi connectivity index (χ0n) is 47.2. The number of hydrogen-bond acceptors (Lipinski definition) is 0. The minimum absolute atomic E-state index is 1.13. The molecule has 0 aliphatic carbocycles. The highest BCUT2D eigenvalue weighted by Gasteiger charge is 2.19. The minimum Gasteiger partial charge on any atom is -0.309 e. The summed E-state index contributed by atoms with van der Waals surface area (Å²) in [5.74, 6) is 0. The van der Waals surface area contributed by atoms with Crippen LogP contribution in [0.25, 0.3) is 155 Å². The van der Waals surface area contributed by atoms with E-state index in [1.807, 2.05) is 0 Å². The van der Waals surface area contributed by atoms with Crippen molar-refractivity contribution in [1.29, 1.82) is 0 Å². The Balaban J connectivity index is 0.640. The molecule has 0 N–H and O–H groups in total. The Bertz CT molecular complexity index is 5160. The molecule has 2 aromatic heterocycles. The summed E-state index contributed by atoms with van der Waals surface area (Å²) in [6.45, 7) is 0. The largest absolute Gasteiger partial charge is 0.309 e. The molecule has 0 fully saturated rings. The number of rotatable bonds is 11. The van der Waals surface area contributed by atoms with Crippen molar-refractivity contribution >= 4 is 43.6 Å². The highest BCUT2D eigenvalue weighted by atomic mass is 15.0. The topological polar surface area (TPSA) is 9.86 Å². The van der Waals surface area contributed by atoms with Crippen molar-refractivity contribution in [1.82, 2.24) is 9.13 Å². The maximum Gasteiger partial charge on any atom is 0.0541 e. The summed E-state index contributed by atoms with van der Waals surface area (Å²) in [5.41, 5.74) is 28.7. The molecule has 0 saturated carbocycles. The highest BCUT2D eigenvalue weighted by molar-refractivity contribution is 6.13. The third kappa shape index (κ3) is 9.18. The Morgan fingerprint density at radius 3 is 0.919 bits per heavy atom. The Morgan fingerprint density at radius 2 is 0.442 bits per heavy atom. The van der Waals surface area contributed by atoms with Gasteiger partial charge < -0.3 is 9.13 Å². The molecule has 86 heavy (non-hydrogen) atoms. The summed E-state index contributed by atoms with van der Waals surface area (Å²) in [4.78, 5) is 0. The summed E-state index contributed by atoms with van der Waals surface area (Å²) in [6, 6.07) is 124. The molecular weight excluding hydrogens is 1040 g/mol. The van der Waals surface area contributed by atoms with Crippen LogP contribution in [-0.2, 0) is 0 Å². The van der Waals surface area contributed by atoms with Gasteiger partial charge in [0.25, 0.3) is 0 Å². The van der Waals surface area contributed by atoms with Gasteiger partial charge in [-0.3, -0.25) is 0 Å². The number of aromatic nitrogens is 2. The maximum atomic E-state index is 2.43. The van der Waals surface area contributed by atoms with Crippen molar-refractivity contribution in [2.75, 3.05) is 0 Å². The lowest BCUT2D eigenvalue weighted by atomic mass is 9.94. The van der Waals surface area contributed by atoms with Crippen LogP contribution in [0.1, 0.15) is 0 Å². The predicted molar refractivity (Wildman–Crippen MR) is 364 cm³/mol. The van der Waals surface area contributed by atoms with Crippen LogP contribution in [0.5, 0.6) is 0 Å². The molecule has 0 amide bonds. The molecule has 0 spiro atoms. The fourth-order valence-corrected chi connectivity index (χ4v) is 13.0. The number of hydrogen-bond donors (Lipinski definition) is 0. The van der Waals surface area contributed by atoms with Crippen molar-refractivity contribution in [2.45, 2.75) is 0 Å². The van der Waals surface area contributed by atoms with Crippen LogP contribution in [0.3, 0.4) is 0 Å². The zero-order valence-corrected chi connectivity index (χ0v) is 47.2. The van der Waals surface area contributed by atoms with Crippen LogP contribution < -0.4 is 0 Å². The lowest BCUT2D eigenvalue weighted by Gasteiger charge is -2.14. The molecule has 16 rings (SSSR count). The van der Waals surface area contributed by atoms with E-state index in [1.165, 1.54) is 149 Å². The van der Waals surface area contributed by atoms with E-state index in [1.54, 1.807) is 0 Å². The Morgan fingerprint density at radius 1 is 0.151 bits per heavy atom. The summed E-state index contributed by atoms with van der Waals surface area (Å²) in [6.07, 6.45) is 0. The second-order valence-corrected chi connectivity index (χ2v) is 22.4. The van der Waals surface area contributed by atoms with Gasteiger partial charge in [0.05, 0.1) is 27.8 Å². The van der Waals surface area contributed by atoms with Crippen LogP contribution >= 0.6 is 0 Å². The lowest BCUT2D eigenvalue weighted by molar-refractivity contribution is 1.18. The summed E-state index contributed by atoms with van der Waals surface area (Å²) < 4.78 is 4.86. The Labute approximate surface area is 501 Å². The van der Waals surface area contributed by atoms with Crippen molar-refractivity contribution in [2.24, 2.45) is 0 Å². The van der Waals surface area contributed by atoms with Crippen LogP contribution in [-0.4, -0.2) is 9.13 Å². The van der Waals surface area contributed by atoms with Gasteiger partial charge in [-0.15, -0.1) is 0 Å². The van der Waals surface area contributed by atoms with Crippen LogP contribution in [0.4, 0.5) is 0 Å². The van der Waals surface area contributed by atoms with Crippen LogP contribution in [0.2, 0.25) is 0 Å². The molecule has 0 unspecified atom stereocenters. The molecule has 14 aromatic carbocycles. The van der Waals surface area contributed by atoms with Crippen molar-refractivity contribution in [3.05, 3.63) is 340 Å². The van der Waals surface area contributed by atoms with Crippen molar-refractivity contribution in [3.63, 3.8) is 0 Å². The van der Waals surface area contributed by atoms with Crippen molar-refractivity contribution < 1.29 is 0 Å². The number of nitrogens with zero attached hydrogens (tertiary/aromatic N) is 2. The average molecular weight is 1090 g/mol. The summed E-state index contributed by atoms with van der Waals surface area (Å²) >= 11 is 0. The maximum absolute atomic E-state index is 2.43. The second-order valence-electron chi connectivity index (χ2n) is 22.4. The van der Waals surface area contributed by atoms with Gasteiger partial charge in [-0.05, 0) is 161 Å². The van der Waals surface area contributed by atoms with Crippen molar-refractivity contribution in [3.8, 4) is 112 Å². The van der Waals surface area contributed by atoms with Gasteiger partial charge in [-0.1, -0.05) is 273 Å². The molecule has 402 valence electrons. The number of para-hydroxylation sites is 3. The molecule has 16 aromatic rings. The second kappa shape index (κ2) is 21.5. The molecule has 0 saturated heterocycles. The van der Waals surface area contributed by atoms with E-state index in [9.17, 15) is 0 Å². The minimum atomic E-state index is 1.13.